The topological polar surface area (TPSA) is 24.5 Å². The summed E-state index contributed by atoms with van der Waals surface area (Å²) in [5.41, 5.74) is 0. The van der Waals surface area contributed by atoms with Gasteiger partial charge in [-0.05, 0) is 52.1 Å². The van der Waals surface area contributed by atoms with E-state index in [1.54, 1.807) is 0 Å². The molecular weight excluding hydrogens is 224 g/mol. The van der Waals surface area contributed by atoms with Crippen LogP contribution in [0.4, 0.5) is 0 Å². The molecule has 2 aliphatic rings. The molecular formula is C15H30N2O. The van der Waals surface area contributed by atoms with Crippen molar-refractivity contribution >= 4 is 0 Å². The molecule has 0 aromatic rings. The van der Waals surface area contributed by atoms with Crippen LogP contribution in [0.5, 0.6) is 0 Å². The third-order valence-electron chi connectivity index (χ3n) is 4.22. The van der Waals surface area contributed by atoms with E-state index in [1.165, 1.54) is 58.2 Å². The molecule has 3 heteroatoms. The number of fused-ring (bicyclic) bond motifs is 2. The van der Waals surface area contributed by atoms with Crippen molar-refractivity contribution in [3.63, 3.8) is 0 Å². The summed E-state index contributed by atoms with van der Waals surface area (Å²) in [5.74, 6) is 0. The van der Waals surface area contributed by atoms with Gasteiger partial charge in [0.1, 0.15) is 0 Å². The average Bonchev–Trinajstić information content (AvgIpc) is 2.71. The quantitative estimate of drug-likeness (QED) is 0.673. The molecule has 2 heterocycles. The second kappa shape index (κ2) is 7.46. The Morgan fingerprint density at radius 1 is 1.22 bits per heavy atom. The average molecular weight is 254 g/mol. The van der Waals surface area contributed by atoms with Gasteiger partial charge in [0, 0.05) is 19.1 Å². The van der Waals surface area contributed by atoms with Gasteiger partial charge in [-0.15, -0.1) is 0 Å². The van der Waals surface area contributed by atoms with Gasteiger partial charge in [-0.2, -0.15) is 0 Å². The van der Waals surface area contributed by atoms with E-state index in [4.69, 9.17) is 4.74 Å². The van der Waals surface area contributed by atoms with E-state index in [2.05, 4.69) is 24.1 Å². The van der Waals surface area contributed by atoms with Crippen LogP contribution in [0.25, 0.3) is 0 Å². The molecule has 0 aromatic carbocycles. The number of nitrogens with one attached hydrogen (secondary N) is 1. The predicted octanol–water partition coefficient (Wildman–Crippen LogP) is 2.41. The highest BCUT2D eigenvalue weighted by atomic mass is 16.5. The molecule has 2 fully saturated rings. The molecule has 3 nitrogen and oxygen atoms in total. The minimum Gasteiger partial charge on any atom is -0.372 e. The van der Waals surface area contributed by atoms with E-state index in [0.717, 1.165) is 6.54 Å². The number of hydrogen-bond acceptors (Lipinski definition) is 3. The fraction of sp³-hybridized carbons (Fsp3) is 1.00. The van der Waals surface area contributed by atoms with E-state index in [1.807, 2.05) is 0 Å². The highest BCUT2D eigenvalue weighted by molar-refractivity contribution is 4.84. The van der Waals surface area contributed by atoms with Crippen molar-refractivity contribution in [1.29, 1.82) is 0 Å². The van der Waals surface area contributed by atoms with E-state index >= 15 is 0 Å². The number of unbranched alkanes of at least 4 members (excludes halogenated alkanes) is 1. The van der Waals surface area contributed by atoms with E-state index in [0.29, 0.717) is 18.2 Å². The van der Waals surface area contributed by atoms with Crippen LogP contribution in [0.3, 0.4) is 0 Å². The van der Waals surface area contributed by atoms with Crippen molar-refractivity contribution in [2.75, 3.05) is 26.2 Å². The lowest BCUT2D eigenvalue weighted by atomic mass is 10.1. The van der Waals surface area contributed by atoms with Gasteiger partial charge < -0.3 is 10.1 Å². The summed E-state index contributed by atoms with van der Waals surface area (Å²) in [6.45, 7) is 9.34. The van der Waals surface area contributed by atoms with Crippen molar-refractivity contribution < 1.29 is 4.74 Å². The molecule has 18 heavy (non-hydrogen) atoms. The number of nitrogens with zero attached hydrogens (tertiary/aromatic N) is 1. The largest absolute Gasteiger partial charge is 0.372 e. The monoisotopic (exact) mass is 254 g/mol. The van der Waals surface area contributed by atoms with Gasteiger partial charge in [-0.25, -0.2) is 0 Å². The number of morpholine rings is 1. The second-order valence-electron chi connectivity index (χ2n) is 6.07. The molecule has 2 saturated heterocycles. The standard InChI is InChI=1S/C15H30N2O/c1-3-9-16-13(2)6-4-5-10-17-11-14-7-8-15(12-17)18-14/h13-16H,3-12H2,1-2H3. The zero-order chi connectivity index (χ0) is 12.8. The van der Waals surface area contributed by atoms with E-state index in [-0.39, 0.29) is 0 Å². The molecule has 3 unspecified atom stereocenters. The van der Waals surface area contributed by atoms with E-state index in [9.17, 15) is 0 Å². The minimum absolute atomic E-state index is 0.550. The number of hydrogen-bond donors (Lipinski definition) is 1. The van der Waals surface area contributed by atoms with Crippen LogP contribution < -0.4 is 5.32 Å². The highest BCUT2D eigenvalue weighted by Crippen LogP contribution is 2.26. The van der Waals surface area contributed by atoms with Crippen LogP contribution in [0, 0.1) is 0 Å². The summed E-state index contributed by atoms with van der Waals surface area (Å²) >= 11 is 0. The zero-order valence-corrected chi connectivity index (χ0v) is 12.2. The first-order valence-corrected chi connectivity index (χ1v) is 7.89. The summed E-state index contributed by atoms with van der Waals surface area (Å²) in [4.78, 5) is 2.62. The Morgan fingerprint density at radius 3 is 2.61 bits per heavy atom. The van der Waals surface area contributed by atoms with Crippen LogP contribution in [0.15, 0.2) is 0 Å². The first-order chi connectivity index (χ1) is 8.78. The molecule has 106 valence electrons. The number of ether oxygens (including phenoxy) is 1. The van der Waals surface area contributed by atoms with Crippen molar-refractivity contribution in [3.05, 3.63) is 0 Å². The van der Waals surface area contributed by atoms with Gasteiger partial charge in [0.2, 0.25) is 0 Å². The van der Waals surface area contributed by atoms with Crippen molar-refractivity contribution in [1.82, 2.24) is 10.2 Å². The first kappa shape index (κ1) is 14.3. The number of likely N-dealkylation sites (tertiary alicyclic amines) is 1. The Labute approximate surface area is 112 Å². The Bertz CT molecular complexity index is 223. The van der Waals surface area contributed by atoms with Crippen molar-refractivity contribution in [2.45, 2.75) is 70.6 Å². The van der Waals surface area contributed by atoms with Crippen LogP contribution in [-0.4, -0.2) is 49.3 Å². The van der Waals surface area contributed by atoms with Crippen LogP contribution in [-0.2, 0) is 4.74 Å². The summed E-state index contributed by atoms with van der Waals surface area (Å²) < 4.78 is 5.86. The molecule has 3 atom stereocenters. The minimum atomic E-state index is 0.550. The maximum Gasteiger partial charge on any atom is 0.0707 e. The molecule has 2 aliphatic heterocycles. The molecule has 0 spiro atoms. The van der Waals surface area contributed by atoms with Gasteiger partial charge in [-0.3, -0.25) is 4.90 Å². The Kier molecular flexibility index (Phi) is 5.93. The zero-order valence-electron chi connectivity index (χ0n) is 12.2. The lowest BCUT2D eigenvalue weighted by Crippen LogP contribution is -2.42. The van der Waals surface area contributed by atoms with Gasteiger partial charge in [0.05, 0.1) is 12.2 Å². The molecule has 0 aromatic heterocycles. The van der Waals surface area contributed by atoms with Crippen LogP contribution in [0.2, 0.25) is 0 Å². The molecule has 1 N–H and O–H groups in total. The summed E-state index contributed by atoms with van der Waals surface area (Å²) in [5, 5.41) is 3.56. The summed E-state index contributed by atoms with van der Waals surface area (Å²) in [6, 6.07) is 0.686. The maximum absolute atomic E-state index is 5.86. The van der Waals surface area contributed by atoms with Gasteiger partial charge >= 0.3 is 0 Å². The van der Waals surface area contributed by atoms with Crippen LogP contribution in [0.1, 0.15) is 52.4 Å². The predicted molar refractivity (Wildman–Crippen MR) is 75.9 cm³/mol. The summed E-state index contributed by atoms with van der Waals surface area (Å²) in [7, 11) is 0. The van der Waals surface area contributed by atoms with E-state index < -0.39 is 0 Å². The number of rotatable bonds is 8. The molecule has 0 aliphatic carbocycles. The van der Waals surface area contributed by atoms with Crippen molar-refractivity contribution in [3.8, 4) is 0 Å². The lowest BCUT2D eigenvalue weighted by molar-refractivity contribution is -0.0385. The third-order valence-corrected chi connectivity index (χ3v) is 4.22. The van der Waals surface area contributed by atoms with Crippen molar-refractivity contribution in [2.24, 2.45) is 0 Å². The SMILES string of the molecule is CCCNC(C)CCCCN1CC2CCC(C1)O2. The fourth-order valence-electron chi connectivity index (χ4n) is 3.16. The molecule has 0 amide bonds. The Hall–Kier alpha value is -0.120. The smallest absolute Gasteiger partial charge is 0.0707 e. The van der Waals surface area contributed by atoms with Gasteiger partial charge in [0.25, 0.3) is 0 Å². The fourth-order valence-corrected chi connectivity index (χ4v) is 3.16. The lowest BCUT2D eigenvalue weighted by Gasteiger charge is -2.32. The first-order valence-electron chi connectivity index (χ1n) is 7.89. The molecule has 2 rings (SSSR count). The third kappa shape index (κ3) is 4.52. The Morgan fingerprint density at radius 2 is 1.94 bits per heavy atom. The molecule has 0 saturated carbocycles. The van der Waals surface area contributed by atoms with Gasteiger partial charge in [-0.1, -0.05) is 13.3 Å². The molecule has 0 radical (unpaired) electrons. The normalized spacial score (nSPS) is 29.7. The Balaban J connectivity index is 1.50. The second-order valence-corrected chi connectivity index (χ2v) is 6.07. The highest BCUT2D eigenvalue weighted by Gasteiger charge is 2.33. The maximum atomic E-state index is 5.86. The van der Waals surface area contributed by atoms with Gasteiger partial charge in [0.15, 0.2) is 0 Å². The van der Waals surface area contributed by atoms with Crippen LogP contribution >= 0.6 is 0 Å². The molecule has 2 bridgehead atoms. The summed E-state index contributed by atoms with van der Waals surface area (Å²) in [6.07, 6.45) is 8.93.